The standard InChI is InChI=1S/C17H16F8O/c1-9-3-4-10(12(19)11(9)18)26-17(24,25)14-7-5-13(2,6-8-14)15(20,21)16(14,22)23/h3-4H,5-8H2,1-2H3. The molecule has 0 N–H and O–H groups in total. The van der Waals surface area contributed by atoms with E-state index >= 15 is 0 Å². The number of fused-ring (bicyclic) bond motifs is 3. The van der Waals surface area contributed by atoms with Gasteiger partial charge in [-0.2, -0.15) is 30.7 Å². The Labute approximate surface area is 144 Å². The molecular formula is C17H16F8O. The summed E-state index contributed by atoms with van der Waals surface area (Å²) in [6, 6.07) is 1.58. The minimum atomic E-state index is -5.07. The van der Waals surface area contributed by atoms with E-state index < -0.39 is 71.9 Å². The predicted molar refractivity (Wildman–Crippen MR) is 75.6 cm³/mol. The number of hydrogen-bond acceptors (Lipinski definition) is 1. The molecule has 26 heavy (non-hydrogen) atoms. The van der Waals surface area contributed by atoms with Crippen molar-refractivity contribution in [2.24, 2.45) is 10.8 Å². The first-order valence-corrected chi connectivity index (χ1v) is 8.00. The molecule has 3 fully saturated rings. The molecule has 0 saturated heterocycles. The van der Waals surface area contributed by atoms with Crippen LogP contribution in [0.2, 0.25) is 0 Å². The monoisotopic (exact) mass is 388 g/mol. The lowest BCUT2D eigenvalue weighted by Gasteiger charge is -2.60. The smallest absolute Gasteiger partial charge is 0.409 e. The van der Waals surface area contributed by atoms with Crippen molar-refractivity contribution in [2.75, 3.05) is 0 Å². The van der Waals surface area contributed by atoms with Gasteiger partial charge in [-0.25, -0.2) is 4.39 Å². The highest BCUT2D eigenvalue weighted by Crippen LogP contribution is 2.73. The lowest BCUT2D eigenvalue weighted by atomic mass is 9.50. The van der Waals surface area contributed by atoms with Gasteiger partial charge in [0, 0.05) is 5.41 Å². The van der Waals surface area contributed by atoms with Gasteiger partial charge in [0.05, 0.1) is 0 Å². The van der Waals surface area contributed by atoms with Crippen LogP contribution in [0.15, 0.2) is 12.1 Å². The molecule has 0 atom stereocenters. The van der Waals surface area contributed by atoms with Gasteiger partial charge in [0.2, 0.25) is 5.82 Å². The second-order valence-electron chi connectivity index (χ2n) is 7.42. The summed E-state index contributed by atoms with van der Waals surface area (Å²) >= 11 is 0. The average Bonchev–Trinajstić information content (AvgIpc) is 2.54. The number of ether oxygens (including phenoxy) is 1. The number of hydrogen-bond donors (Lipinski definition) is 0. The Kier molecular flexibility index (Phi) is 3.89. The molecule has 0 aromatic heterocycles. The van der Waals surface area contributed by atoms with Gasteiger partial charge in [-0.05, 0) is 44.2 Å². The number of rotatable bonds is 3. The SMILES string of the molecule is Cc1ccc(OC(F)(F)C23CCC(C)(CC2)C(F)(F)C3(F)F)c(F)c1F. The largest absolute Gasteiger partial charge is 0.429 e. The van der Waals surface area contributed by atoms with Crippen molar-refractivity contribution in [1.29, 1.82) is 0 Å². The third-order valence-corrected chi connectivity index (χ3v) is 6.00. The van der Waals surface area contributed by atoms with Gasteiger partial charge in [-0.1, -0.05) is 13.0 Å². The van der Waals surface area contributed by atoms with Crippen LogP contribution in [0, 0.1) is 29.4 Å². The molecule has 0 spiro atoms. The maximum Gasteiger partial charge on any atom is 0.409 e. The van der Waals surface area contributed by atoms with E-state index in [-0.39, 0.29) is 5.56 Å². The van der Waals surface area contributed by atoms with E-state index in [1.54, 1.807) is 0 Å². The van der Waals surface area contributed by atoms with E-state index in [4.69, 9.17) is 0 Å². The summed E-state index contributed by atoms with van der Waals surface area (Å²) in [5.74, 6) is -14.3. The third-order valence-electron chi connectivity index (χ3n) is 6.00. The van der Waals surface area contributed by atoms with Crippen molar-refractivity contribution in [3.05, 3.63) is 29.3 Å². The minimum Gasteiger partial charge on any atom is -0.429 e. The van der Waals surface area contributed by atoms with Gasteiger partial charge < -0.3 is 4.74 Å². The number of alkyl halides is 6. The van der Waals surface area contributed by atoms with Gasteiger partial charge in [0.25, 0.3) is 0 Å². The Morgan fingerprint density at radius 3 is 1.96 bits per heavy atom. The highest BCUT2D eigenvalue weighted by Gasteiger charge is 2.86. The molecule has 0 amide bonds. The lowest BCUT2D eigenvalue weighted by Crippen LogP contribution is -2.74. The average molecular weight is 388 g/mol. The second kappa shape index (κ2) is 5.25. The van der Waals surface area contributed by atoms with Crippen LogP contribution in [0.1, 0.15) is 38.2 Å². The van der Waals surface area contributed by atoms with E-state index in [1.165, 1.54) is 0 Å². The fourth-order valence-corrected chi connectivity index (χ4v) is 3.95. The Hall–Kier alpha value is -1.54. The van der Waals surface area contributed by atoms with E-state index in [1.807, 2.05) is 0 Å². The zero-order valence-electron chi connectivity index (χ0n) is 13.9. The van der Waals surface area contributed by atoms with Crippen LogP contribution >= 0.6 is 0 Å². The van der Waals surface area contributed by atoms with Crippen molar-refractivity contribution in [1.82, 2.24) is 0 Å². The minimum absolute atomic E-state index is 0.209. The summed E-state index contributed by atoms with van der Waals surface area (Å²) in [6.45, 7) is 2.11. The Morgan fingerprint density at radius 1 is 0.885 bits per heavy atom. The Balaban J connectivity index is 2.05. The molecule has 4 rings (SSSR count). The van der Waals surface area contributed by atoms with Crippen molar-refractivity contribution in [2.45, 2.75) is 57.5 Å². The van der Waals surface area contributed by atoms with Crippen LogP contribution in [0.25, 0.3) is 0 Å². The Morgan fingerprint density at radius 2 is 1.42 bits per heavy atom. The molecule has 1 nitrogen and oxygen atoms in total. The third kappa shape index (κ3) is 2.08. The van der Waals surface area contributed by atoms with Crippen LogP contribution in [-0.4, -0.2) is 18.0 Å². The molecule has 1 aromatic carbocycles. The normalized spacial score (nSPS) is 32.5. The number of benzene rings is 1. The summed E-state index contributed by atoms with van der Waals surface area (Å²) in [5, 5.41) is 0. The zero-order valence-corrected chi connectivity index (χ0v) is 13.9. The number of aryl methyl sites for hydroxylation is 1. The summed E-state index contributed by atoms with van der Waals surface area (Å²) in [6.07, 6.45) is -7.78. The fourth-order valence-electron chi connectivity index (χ4n) is 3.95. The molecule has 0 radical (unpaired) electrons. The quantitative estimate of drug-likeness (QED) is 0.569. The molecule has 3 aliphatic rings. The van der Waals surface area contributed by atoms with Crippen LogP contribution in [0.4, 0.5) is 35.1 Å². The summed E-state index contributed by atoms with van der Waals surface area (Å²) in [7, 11) is 0. The predicted octanol–water partition coefficient (Wildman–Crippen LogP) is 6.10. The van der Waals surface area contributed by atoms with Gasteiger partial charge in [-0.3, -0.25) is 0 Å². The zero-order chi connectivity index (χ0) is 19.8. The first-order chi connectivity index (χ1) is 11.7. The molecule has 9 heteroatoms. The highest BCUT2D eigenvalue weighted by molar-refractivity contribution is 5.31. The van der Waals surface area contributed by atoms with Gasteiger partial charge in [-0.15, -0.1) is 0 Å². The van der Waals surface area contributed by atoms with Gasteiger partial charge in [0.1, 0.15) is 5.41 Å². The molecule has 146 valence electrons. The van der Waals surface area contributed by atoms with Crippen LogP contribution in [-0.2, 0) is 0 Å². The molecule has 2 bridgehead atoms. The van der Waals surface area contributed by atoms with Gasteiger partial charge in [0.15, 0.2) is 11.6 Å². The second-order valence-corrected chi connectivity index (χ2v) is 7.42. The molecule has 0 heterocycles. The molecular weight excluding hydrogens is 372 g/mol. The molecule has 0 aliphatic heterocycles. The van der Waals surface area contributed by atoms with Crippen molar-refractivity contribution < 1.29 is 39.9 Å². The van der Waals surface area contributed by atoms with Crippen LogP contribution in [0.5, 0.6) is 5.75 Å². The first kappa shape index (κ1) is 19.2. The highest BCUT2D eigenvalue weighted by atomic mass is 19.3. The van der Waals surface area contributed by atoms with Crippen LogP contribution in [0.3, 0.4) is 0 Å². The van der Waals surface area contributed by atoms with Crippen LogP contribution < -0.4 is 4.74 Å². The Bertz CT molecular complexity index is 735. The summed E-state index contributed by atoms with van der Waals surface area (Å²) in [5.41, 5.74) is -5.82. The summed E-state index contributed by atoms with van der Waals surface area (Å²) < 4.78 is 119. The first-order valence-electron chi connectivity index (χ1n) is 8.00. The topological polar surface area (TPSA) is 9.23 Å². The summed E-state index contributed by atoms with van der Waals surface area (Å²) in [4.78, 5) is 0. The maximum absolute atomic E-state index is 14.7. The van der Waals surface area contributed by atoms with Gasteiger partial charge >= 0.3 is 18.0 Å². The lowest BCUT2D eigenvalue weighted by molar-refractivity contribution is -0.429. The van der Waals surface area contributed by atoms with E-state index in [0.29, 0.717) is 6.07 Å². The van der Waals surface area contributed by atoms with Crippen molar-refractivity contribution >= 4 is 0 Å². The fraction of sp³-hybridized carbons (Fsp3) is 0.647. The molecule has 0 unspecified atom stereocenters. The van der Waals surface area contributed by atoms with E-state index in [2.05, 4.69) is 4.74 Å². The maximum atomic E-state index is 14.7. The molecule has 3 saturated carbocycles. The molecule has 3 aliphatic carbocycles. The van der Waals surface area contributed by atoms with E-state index in [0.717, 1.165) is 19.9 Å². The van der Waals surface area contributed by atoms with E-state index in [9.17, 15) is 35.1 Å². The van der Waals surface area contributed by atoms with Crippen molar-refractivity contribution in [3.63, 3.8) is 0 Å². The number of halogens is 8. The molecule has 1 aromatic rings. The van der Waals surface area contributed by atoms with Crippen molar-refractivity contribution in [3.8, 4) is 5.75 Å².